The highest BCUT2D eigenvalue weighted by atomic mass is 16.9. The molecule has 0 rings (SSSR count). The summed E-state index contributed by atoms with van der Waals surface area (Å²) in [5.41, 5.74) is 0. The standard InChI is InChI=1S/C17H32O5/c1-6-8-9-10-11-12-14-15(22-16(18)13-7-2)17(19-3,20-4)21-5/h7,13,15H,6,8-12,14H2,1-5H3. The molecule has 0 saturated carbocycles. The molecule has 0 aliphatic carbocycles. The largest absolute Gasteiger partial charge is 0.451 e. The number of carbonyl (C=O) groups is 1. The van der Waals surface area contributed by atoms with Gasteiger partial charge in [-0.15, -0.1) is 0 Å². The van der Waals surface area contributed by atoms with Crippen molar-refractivity contribution in [3.63, 3.8) is 0 Å². The molecular weight excluding hydrogens is 284 g/mol. The Morgan fingerprint density at radius 2 is 1.55 bits per heavy atom. The van der Waals surface area contributed by atoms with Crippen LogP contribution in [-0.2, 0) is 23.7 Å². The summed E-state index contributed by atoms with van der Waals surface area (Å²) in [6.45, 7) is 3.96. The van der Waals surface area contributed by atoms with Crippen molar-refractivity contribution in [1.82, 2.24) is 0 Å². The second-order valence-electron chi connectivity index (χ2n) is 5.20. The van der Waals surface area contributed by atoms with Crippen LogP contribution in [0.3, 0.4) is 0 Å². The number of rotatable bonds is 13. The zero-order chi connectivity index (χ0) is 16.8. The molecule has 22 heavy (non-hydrogen) atoms. The van der Waals surface area contributed by atoms with E-state index in [9.17, 15) is 4.79 Å². The molecule has 0 saturated heterocycles. The maximum absolute atomic E-state index is 11.7. The molecule has 0 aromatic heterocycles. The van der Waals surface area contributed by atoms with E-state index in [-0.39, 0.29) is 0 Å². The molecule has 5 heteroatoms. The summed E-state index contributed by atoms with van der Waals surface area (Å²) in [7, 11) is 4.43. The van der Waals surface area contributed by atoms with Crippen LogP contribution < -0.4 is 0 Å². The average molecular weight is 316 g/mol. The average Bonchev–Trinajstić information content (AvgIpc) is 2.52. The van der Waals surface area contributed by atoms with Gasteiger partial charge < -0.3 is 18.9 Å². The van der Waals surface area contributed by atoms with Gasteiger partial charge in [-0.05, 0) is 19.8 Å². The SMILES string of the molecule is CC=CC(=O)OC(CCCCCCCC)C(OC)(OC)OC. The first kappa shape index (κ1) is 21.1. The number of allylic oxidation sites excluding steroid dienone is 1. The summed E-state index contributed by atoms with van der Waals surface area (Å²) in [6, 6.07) is 0. The summed E-state index contributed by atoms with van der Waals surface area (Å²) in [5, 5.41) is 0. The Morgan fingerprint density at radius 1 is 1.00 bits per heavy atom. The molecular formula is C17H32O5. The van der Waals surface area contributed by atoms with Crippen LogP contribution in [0.5, 0.6) is 0 Å². The molecule has 0 amide bonds. The van der Waals surface area contributed by atoms with E-state index in [0.717, 1.165) is 12.8 Å². The van der Waals surface area contributed by atoms with Gasteiger partial charge in [-0.25, -0.2) is 4.79 Å². The van der Waals surface area contributed by atoms with Gasteiger partial charge in [0.15, 0.2) is 6.10 Å². The summed E-state index contributed by atoms with van der Waals surface area (Å²) in [6.07, 6.45) is 9.96. The molecule has 0 fully saturated rings. The third kappa shape index (κ3) is 7.38. The third-order valence-electron chi connectivity index (χ3n) is 3.63. The Hall–Kier alpha value is -0.910. The second kappa shape index (κ2) is 12.6. The number of unbranched alkanes of at least 4 members (excludes halogenated alkanes) is 5. The van der Waals surface area contributed by atoms with Crippen LogP contribution in [0, 0.1) is 0 Å². The van der Waals surface area contributed by atoms with Gasteiger partial charge in [0, 0.05) is 27.4 Å². The Bertz CT molecular complexity index is 302. The van der Waals surface area contributed by atoms with Crippen LogP contribution in [0.2, 0.25) is 0 Å². The molecule has 5 nitrogen and oxygen atoms in total. The van der Waals surface area contributed by atoms with Crippen molar-refractivity contribution in [3.05, 3.63) is 12.2 Å². The number of methoxy groups -OCH3 is 3. The van der Waals surface area contributed by atoms with Crippen molar-refractivity contribution < 1.29 is 23.7 Å². The molecule has 1 unspecified atom stereocenters. The first-order valence-corrected chi connectivity index (χ1v) is 8.08. The van der Waals surface area contributed by atoms with Gasteiger partial charge in [-0.3, -0.25) is 0 Å². The van der Waals surface area contributed by atoms with Gasteiger partial charge in [-0.2, -0.15) is 0 Å². The first-order valence-electron chi connectivity index (χ1n) is 8.08. The molecule has 0 aliphatic rings. The monoisotopic (exact) mass is 316 g/mol. The van der Waals surface area contributed by atoms with Crippen LogP contribution in [0.25, 0.3) is 0 Å². The number of ether oxygens (including phenoxy) is 4. The van der Waals surface area contributed by atoms with E-state index in [0.29, 0.717) is 6.42 Å². The van der Waals surface area contributed by atoms with Crippen LogP contribution in [0.1, 0.15) is 58.8 Å². The first-order chi connectivity index (χ1) is 10.6. The minimum Gasteiger partial charge on any atom is -0.451 e. The van der Waals surface area contributed by atoms with Gasteiger partial charge in [0.2, 0.25) is 0 Å². The van der Waals surface area contributed by atoms with E-state index < -0.39 is 18.0 Å². The Balaban J connectivity index is 4.61. The highest BCUT2D eigenvalue weighted by molar-refractivity contribution is 5.81. The van der Waals surface area contributed by atoms with Gasteiger partial charge in [0.25, 0.3) is 0 Å². The maximum Gasteiger partial charge on any atom is 0.330 e. The quantitative estimate of drug-likeness (QED) is 0.224. The van der Waals surface area contributed by atoms with Gasteiger partial charge in [0.05, 0.1) is 0 Å². The maximum atomic E-state index is 11.7. The van der Waals surface area contributed by atoms with Crippen molar-refractivity contribution in [2.75, 3.05) is 21.3 Å². The topological polar surface area (TPSA) is 54.0 Å². The molecule has 0 aromatic rings. The number of carbonyl (C=O) groups excluding carboxylic acids is 1. The lowest BCUT2D eigenvalue weighted by atomic mass is 10.1. The number of esters is 1. The summed E-state index contributed by atoms with van der Waals surface area (Å²) < 4.78 is 21.4. The van der Waals surface area contributed by atoms with E-state index >= 15 is 0 Å². The summed E-state index contributed by atoms with van der Waals surface area (Å²) >= 11 is 0. The van der Waals surface area contributed by atoms with Gasteiger partial charge in [0.1, 0.15) is 0 Å². The fourth-order valence-corrected chi connectivity index (χ4v) is 2.38. The number of hydrogen-bond acceptors (Lipinski definition) is 5. The molecule has 1 atom stereocenters. The zero-order valence-corrected chi connectivity index (χ0v) is 14.7. The minimum absolute atomic E-state index is 0.422. The normalized spacial score (nSPS) is 13.5. The van der Waals surface area contributed by atoms with Crippen molar-refractivity contribution in [2.24, 2.45) is 0 Å². The number of hydrogen-bond donors (Lipinski definition) is 0. The molecule has 0 bridgehead atoms. The Morgan fingerprint density at radius 3 is 2.05 bits per heavy atom. The molecule has 130 valence electrons. The van der Waals surface area contributed by atoms with Gasteiger partial charge in [-0.1, -0.05) is 45.1 Å². The zero-order valence-electron chi connectivity index (χ0n) is 14.7. The van der Waals surface area contributed by atoms with E-state index in [1.54, 1.807) is 13.0 Å². The van der Waals surface area contributed by atoms with Crippen LogP contribution in [0.4, 0.5) is 0 Å². The van der Waals surface area contributed by atoms with E-state index in [2.05, 4.69) is 6.92 Å². The van der Waals surface area contributed by atoms with E-state index in [1.807, 2.05) is 0 Å². The van der Waals surface area contributed by atoms with E-state index in [1.165, 1.54) is 53.1 Å². The fraction of sp³-hybridized carbons (Fsp3) is 0.824. The third-order valence-corrected chi connectivity index (χ3v) is 3.63. The Labute approximate surface area is 135 Å². The van der Waals surface area contributed by atoms with Crippen LogP contribution in [-0.4, -0.2) is 39.4 Å². The van der Waals surface area contributed by atoms with Crippen LogP contribution >= 0.6 is 0 Å². The highest BCUT2D eigenvalue weighted by Gasteiger charge is 2.42. The van der Waals surface area contributed by atoms with E-state index in [4.69, 9.17) is 18.9 Å². The lowest BCUT2D eigenvalue weighted by Gasteiger charge is -2.35. The Kier molecular flexibility index (Phi) is 12.1. The molecule has 0 N–H and O–H groups in total. The molecule has 0 heterocycles. The van der Waals surface area contributed by atoms with Crippen molar-refractivity contribution in [1.29, 1.82) is 0 Å². The molecule has 0 aliphatic heterocycles. The van der Waals surface area contributed by atoms with Crippen molar-refractivity contribution in [3.8, 4) is 0 Å². The van der Waals surface area contributed by atoms with Gasteiger partial charge >= 0.3 is 11.9 Å². The fourth-order valence-electron chi connectivity index (χ4n) is 2.38. The molecule has 0 radical (unpaired) electrons. The summed E-state index contributed by atoms with van der Waals surface area (Å²) in [5.74, 6) is -1.78. The molecule has 0 aromatic carbocycles. The predicted molar refractivity (Wildman–Crippen MR) is 86.4 cm³/mol. The lowest BCUT2D eigenvalue weighted by molar-refractivity contribution is -0.389. The smallest absolute Gasteiger partial charge is 0.330 e. The lowest BCUT2D eigenvalue weighted by Crippen LogP contribution is -2.49. The summed E-state index contributed by atoms with van der Waals surface area (Å²) in [4.78, 5) is 11.7. The predicted octanol–water partition coefficient (Wildman–Crippen LogP) is 3.82. The second-order valence-corrected chi connectivity index (χ2v) is 5.20. The van der Waals surface area contributed by atoms with Crippen molar-refractivity contribution >= 4 is 5.97 Å². The minimum atomic E-state index is -1.36. The highest BCUT2D eigenvalue weighted by Crippen LogP contribution is 2.25. The van der Waals surface area contributed by atoms with Crippen molar-refractivity contribution in [2.45, 2.75) is 70.9 Å². The molecule has 0 spiro atoms. The van der Waals surface area contributed by atoms with Crippen LogP contribution in [0.15, 0.2) is 12.2 Å².